The highest BCUT2D eigenvalue weighted by atomic mass is 15.4. The molecule has 5 rings (SSSR count). The lowest BCUT2D eigenvalue weighted by Gasteiger charge is -2.20. The van der Waals surface area contributed by atoms with Gasteiger partial charge in [0.1, 0.15) is 0 Å². The average molecular weight is 334 g/mol. The third kappa shape index (κ3) is 2.24. The maximum Gasteiger partial charge on any atom is 0.0581 e. The Hall–Kier alpha value is -3.36. The van der Waals surface area contributed by atoms with E-state index >= 15 is 0 Å². The highest BCUT2D eigenvalue weighted by Gasteiger charge is 2.11. The fourth-order valence-electron chi connectivity index (χ4n) is 3.78. The molecular weight excluding hydrogens is 316 g/mol. The minimum atomic E-state index is 0.969. The molecule has 0 amide bonds. The number of hydrazine groups is 1. The molecule has 2 heteroatoms. The molecule has 0 heterocycles. The minimum absolute atomic E-state index is 0.969. The predicted molar refractivity (Wildman–Crippen MR) is 112 cm³/mol. The van der Waals surface area contributed by atoms with Crippen LogP contribution in [-0.2, 0) is 0 Å². The van der Waals surface area contributed by atoms with Crippen LogP contribution in [0.15, 0.2) is 97.1 Å². The van der Waals surface area contributed by atoms with E-state index in [1.165, 1.54) is 32.3 Å². The summed E-state index contributed by atoms with van der Waals surface area (Å²) in [6.07, 6.45) is 0. The van der Waals surface area contributed by atoms with Gasteiger partial charge in [-0.1, -0.05) is 72.8 Å². The Morgan fingerprint density at radius 2 is 0.885 bits per heavy atom. The molecule has 26 heavy (non-hydrogen) atoms. The molecule has 0 fully saturated rings. The van der Waals surface area contributed by atoms with E-state index in [4.69, 9.17) is 5.84 Å². The number of rotatable bonds is 2. The van der Waals surface area contributed by atoms with Crippen molar-refractivity contribution in [3.63, 3.8) is 0 Å². The van der Waals surface area contributed by atoms with Gasteiger partial charge in [0, 0.05) is 0 Å². The topological polar surface area (TPSA) is 29.3 Å². The van der Waals surface area contributed by atoms with Gasteiger partial charge in [-0.15, -0.1) is 0 Å². The first kappa shape index (κ1) is 14.9. The van der Waals surface area contributed by atoms with Gasteiger partial charge in [0.2, 0.25) is 0 Å². The molecule has 124 valence electrons. The van der Waals surface area contributed by atoms with E-state index in [1.54, 1.807) is 5.01 Å². The van der Waals surface area contributed by atoms with E-state index in [1.807, 2.05) is 30.3 Å². The van der Waals surface area contributed by atoms with Gasteiger partial charge in [0.15, 0.2) is 0 Å². The summed E-state index contributed by atoms with van der Waals surface area (Å²) >= 11 is 0. The van der Waals surface area contributed by atoms with Gasteiger partial charge < -0.3 is 0 Å². The van der Waals surface area contributed by atoms with Crippen LogP contribution in [0, 0.1) is 0 Å². The lowest BCUT2D eigenvalue weighted by Crippen LogP contribution is -2.24. The normalized spacial score (nSPS) is 11.3. The second-order valence-electron chi connectivity index (χ2n) is 6.53. The SMILES string of the molecule is NN(c1ccccc1)c1ccc2c3ccccc3c3ccccc3c2c1. The zero-order chi connectivity index (χ0) is 17.5. The minimum Gasteiger partial charge on any atom is -0.280 e. The van der Waals surface area contributed by atoms with Crippen molar-refractivity contribution in [1.29, 1.82) is 0 Å². The summed E-state index contributed by atoms with van der Waals surface area (Å²) in [5.74, 6) is 6.40. The van der Waals surface area contributed by atoms with Crippen LogP contribution >= 0.6 is 0 Å². The van der Waals surface area contributed by atoms with Crippen LogP contribution in [0.25, 0.3) is 32.3 Å². The van der Waals surface area contributed by atoms with Gasteiger partial charge >= 0.3 is 0 Å². The van der Waals surface area contributed by atoms with Crippen molar-refractivity contribution in [3.05, 3.63) is 97.1 Å². The van der Waals surface area contributed by atoms with Crippen LogP contribution in [0.5, 0.6) is 0 Å². The van der Waals surface area contributed by atoms with E-state index in [0.717, 1.165) is 11.4 Å². The quantitative estimate of drug-likeness (QED) is 0.238. The van der Waals surface area contributed by atoms with Crippen LogP contribution in [0.1, 0.15) is 0 Å². The van der Waals surface area contributed by atoms with Crippen LogP contribution in [0.4, 0.5) is 11.4 Å². The van der Waals surface area contributed by atoms with E-state index in [0.29, 0.717) is 0 Å². The maximum absolute atomic E-state index is 6.40. The largest absolute Gasteiger partial charge is 0.280 e. The van der Waals surface area contributed by atoms with Crippen LogP contribution in [-0.4, -0.2) is 0 Å². The third-order valence-electron chi connectivity index (χ3n) is 5.04. The van der Waals surface area contributed by atoms with Crippen LogP contribution in [0.2, 0.25) is 0 Å². The average Bonchev–Trinajstić information content (AvgIpc) is 2.74. The summed E-state index contributed by atoms with van der Waals surface area (Å²) in [6.45, 7) is 0. The van der Waals surface area contributed by atoms with E-state index in [-0.39, 0.29) is 0 Å². The van der Waals surface area contributed by atoms with Gasteiger partial charge in [-0.25, -0.2) is 5.84 Å². The van der Waals surface area contributed by atoms with Gasteiger partial charge in [0.25, 0.3) is 0 Å². The summed E-state index contributed by atoms with van der Waals surface area (Å²) < 4.78 is 0. The second kappa shape index (κ2) is 5.87. The van der Waals surface area contributed by atoms with Gasteiger partial charge in [0.05, 0.1) is 11.4 Å². The lowest BCUT2D eigenvalue weighted by atomic mass is 9.94. The molecule has 2 N–H and O–H groups in total. The number of benzene rings is 5. The molecule has 0 saturated heterocycles. The summed E-state index contributed by atoms with van der Waals surface area (Å²) in [7, 11) is 0. The third-order valence-corrected chi connectivity index (χ3v) is 5.04. The van der Waals surface area contributed by atoms with Crippen molar-refractivity contribution >= 4 is 43.7 Å². The Bertz CT molecular complexity index is 1210. The number of para-hydroxylation sites is 1. The van der Waals surface area contributed by atoms with Crippen molar-refractivity contribution < 1.29 is 0 Å². The molecule has 0 aliphatic rings. The van der Waals surface area contributed by atoms with Crippen molar-refractivity contribution in [3.8, 4) is 0 Å². The number of hydrogen-bond acceptors (Lipinski definition) is 2. The smallest absolute Gasteiger partial charge is 0.0581 e. The molecule has 0 aliphatic heterocycles. The van der Waals surface area contributed by atoms with Crippen LogP contribution in [0.3, 0.4) is 0 Å². The number of anilines is 2. The Kier molecular flexibility index (Phi) is 3.37. The lowest BCUT2D eigenvalue weighted by molar-refractivity contribution is 1.09. The fourth-order valence-corrected chi connectivity index (χ4v) is 3.78. The molecule has 0 aliphatic carbocycles. The van der Waals surface area contributed by atoms with Crippen LogP contribution < -0.4 is 10.9 Å². The standard InChI is InChI=1S/C24H18N2/c25-26(17-8-2-1-3-9-17)18-14-15-23-21-12-5-4-10-19(21)20-11-6-7-13-22(20)24(23)16-18/h1-16H,25H2. The summed E-state index contributed by atoms with van der Waals surface area (Å²) in [5, 5.41) is 9.31. The molecule has 5 aromatic carbocycles. The van der Waals surface area contributed by atoms with E-state index < -0.39 is 0 Å². The Labute approximate surface area is 152 Å². The number of fused-ring (bicyclic) bond motifs is 6. The Morgan fingerprint density at radius 1 is 0.423 bits per heavy atom. The molecule has 0 spiro atoms. The zero-order valence-corrected chi connectivity index (χ0v) is 14.3. The van der Waals surface area contributed by atoms with E-state index in [9.17, 15) is 0 Å². The van der Waals surface area contributed by atoms with Crippen molar-refractivity contribution in [1.82, 2.24) is 0 Å². The molecule has 0 bridgehead atoms. The first-order valence-electron chi connectivity index (χ1n) is 8.76. The molecule has 0 radical (unpaired) electrons. The molecule has 2 nitrogen and oxygen atoms in total. The first-order chi connectivity index (χ1) is 12.8. The fraction of sp³-hybridized carbons (Fsp3) is 0. The highest BCUT2D eigenvalue weighted by molar-refractivity contribution is 6.25. The Balaban J connectivity index is 1.84. The van der Waals surface area contributed by atoms with E-state index in [2.05, 4.69) is 66.7 Å². The molecule has 0 unspecified atom stereocenters. The monoisotopic (exact) mass is 334 g/mol. The molecule has 0 atom stereocenters. The summed E-state index contributed by atoms with van der Waals surface area (Å²) in [5.41, 5.74) is 1.95. The van der Waals surface area contributed by atoms with Crippen molar-refractivity contribution in [2.24, 2.45) is 5.84 Å². The van der Waals surface area contributed by atoms with Gasteiger partial charge in [-0.2, -0.15) is 0 Å². The van der Waals surface area contributed by atoms with Crippen molar-refractivity contribution in [2.75, 3.05) is 5.01 Å². The molecule has 0 saturated carbocycles. The van der Waals surface area contributed by atoms with Crippen molar-refractivity contribution in [2.45, 2.75) is 0 Å². The molecular formula is C24H18N2. The molecule has 5 aromatic rings. The number of nitrogens with two attached hydrogens (primary N) is 1. The summed E-state index contributed by atoms with van der Waals surface area (Å²) in [6, 6.07) is 33.7. The highest BCUT2D eigenvalue weighted by Crippen LogP contribution is 2.37. The zero-order valence-electron chi connectivity index (χ0n) is 14.3. The van der Waals surface area contributed by atoms with Gasteiger partial charge in [-0.05, 0) is 56.6 Å². The second-order valence-corrected chi connectivity index (χ2v) is 6.53. The predicted octanol–water partition coefficient (Wildman–Crippen LogP) is 6.16. The molecule has 0 aromatic heterocycles. The summed E-state index contributed by atoms with van der Waals surface area (Å²) in [4.78, 5) is 0. The first-order valence-corrected chi connectivity index (χ1v) is 8.76. The number of hydrogen-bond donors (Lipinski definition) is 1. The Morgan fingerprint density at radius 3 is 1.46 bits per heavy atom. The number of nitrogens with zero attached hydrogens (tertiary/aromatic N) is 1. The maximum atomic E-state index is 6.40. The van der Waals surface area contributed by atoms with Gasteiger partial charge in [-0.3, -0.25) is 5.01 Å².